The Bertz CT molecular complexity index is 981. The molecule has 1 atom stereocenters. The number of nitrogens with one attached hydrogen (secondary N) is 1. The molecule has 0 radical (unpaired) electrons. The number of carbonyl (C=O) groups excluding carboxylic acids is 3. The lowest BCUT2D eigenvalue weighted by Crippen LogP contribution is -2.56. The van der Waals surface area contributed by atoms with Crippen LogP contribution >= 0.6 is 0 Å². The summed E-state index contributed by atoms with van der Waals surface area (Å²) in [6.07, 6.45) is -5.14. The van der Waals surface area contributed by atoms with Gasteiger partial charge in [-0.2, -0.15) is 13.2 Å². The third-order valence-corrected chi connectivity index (χ3v) is 4.82. The lowest BCUT2D eigenvalue weighted by molar-refractivity contribution is -0.198. The van der Waals surface area contributed by atoms with Gasteiger partial charge in [0.15, 0.2) is 0 Å². The van der Waals surface area contributed by atoms with E-state index in [4.69, 9.17) is 0 Å². The van der Waals surface area contributed by atoms with Gasteiger partial charge in [-0.25, -0.2) is 9.18 Å². The lowest BCUT2D eigenvalue weighted by atomic mass is 9.89. The van der Waals surface area contributed by atoms with Gasteiger partial charge in [-0.3, -0.25) is 14.5 Å². The number of imide groups is 1. The fraction of sp³-hybridized carbons (Fsp3) is 0.250. The van der Waals surface area contributed by atoms with Gasteiger partial charge in [0.25, 0.3) is 5.91 Å². The average Bonchev–Trinajstić information content (AvgIpc) is 2.96. The van der Waals surface area contributed by atoms with E-state index < -0.39 is 47.5 Å². The van der Waals surface area contributed by atoms with Crippen molar-refractivity contribution in [3.05, 3.63) is 71.5 Å². The van der Waals surface area contributed by atoms with E-state index in [1.807, 2.05) is 0 Å². The van der Waals surface area contributed by atoms with Crippen LogP contribution in [0.4, 0.5) is 22.4 Å². The normalized spacial score (nSPS) is 19.0. The fourth-order valence-corrected chi connectivity index (χ4v) is 3.19. The number of alkyl halides is 3. The Morgan fingerprint density at radius 2 is 1.67 bits per heavy atom. The highest BCUT2D eigenvalue weighted by Gasteiger charge is 2.68. The predicted molar refractivity (Wildman–Crippen MR) is 97.3 cm³/mol. The van der Waals surface area contributed by atoms with Crippen LogP contribution in [0, 0.1) is 5.82 Å². The van der Waals surface area contributed by atoms with Gasteiger partial charge in [0, 0.05) is 19.2 Å². The molecule has 0 aliphatic carbocycles. The topological polar surface area (TPSA) is 69.7 Å². The summed E-state index contributed by atoms with van der Waals surface area (Å²) >= 11 is 0. The van der Waals surface area contributed by atoms with Crippen LogP contribution in [0.15, 0.2) is 54.6 Å². The molecule has 6 nitrogen and oxygen atoms in total. The molecule has 0 bridgehead atoms. The molecule has 0 aromatic heterocycles. The molecule has 0 saturated carbocycles. The van der Waals surface area contributed by atoms with Crippen molar-refractivity contribution in [1.29, 1.82) is 0 Å². The first-order valence-corrected chi connectivity index (χ1v) is 8.81. The molecule has 1 heterocycles. The minimum Gasteiger partial charge on any atom is -0.340 e. The summed E-state index contributed by atoms with van der Waals surface area (Å²) < 4.78 is 55.6. The fourth-order valence-electron chi connectivity index (χ4n) is 3.19. The molecule has 1 saturated heterocycles. The maximum Gasteiger partial charge on any atom is 0.425 e. The molecule has 4 amide bonds. The van der Waals surface area contributed by atoms with E-state index >= 15 is 0 Å². The monoisotopic (exact) mass is 423 g/mol. The third kappa shape index (κ3) is 3.60. The first-order valence-electron chi connectivity index (χ1n) is 8.81. The van der Waals surface area contributed by atoms with Crippen LogP contribution in [0.1, 0.15) is 11.1 Å². The SMILES string of the molecule is CN(Cc1ccccc1F)C(=O)CN1C(=O)NC(c2ccccc2)(C(F)(F)F)C1=O. The molecule has 158 valence electrons. The second-order valence-corrected chi connectivity index (χ2v) is 6.78. The van der Waals surface area contributed by atoms with Gasteiger partial charge in [-0.1, -0.05) is 48.5 Å². The van der Waals surface area contributed by atoms with Crippen LogP contribution in [0.2, 0.25) is 0 Å². The molecular formula is C20H17F4N3O3. The smallest absolute Gasteiger partial charge is 0.340 e. The Hall–Kier alpha value is -3.43. The van der Waals surface area contributed by atoms with Gasteiger partial charge in [0.2, 0.25) is 11.4 Å². The number of halogens is 4. The van der Waals surface area contributed by atoms with Crippen LogP contribution in [0.5, 0.6) is 0 Å². The van der Waals surface area contributed by atoms with Crippen molar-refractivity contribution in [3.8, 4) is 0 Å². The lowest BCUT2D eigenvalue weighted by Gasteiger charge is -2.29. The molecule has 1 unspecified atom stereocenters. The molecule has 1 aliphatic heterocycles. The van der Waals surface area contributed by atoms with Crippen LogP contribution in [-0.2, 0) is 21.7 Å². The Morgan fingerprint density at radius 1 is 1.07 bits per heavy atom. The molecule has 30 heavy (non-hydrogen) atoms. The zero-order valence-corrected chi connectivity index (χ0v) is 15.7. The first kappa shape index (κ1) is 21.3. The molecule has 0 spiro atoms. The van der Waals surface area contributed by atoms with Gasteiger partial charge in [0.1, 0.15) is 12.4 Å². The van der Waals surface area contributed by atoms with Gasteiger partial charge in [-0.15, -0.1) is 0 Å². The van der Waals surface area contributed by atoms with Crippen LogP contribution < -0.4 is 5.32 Å². The summed E-state index contributed by atoms with van der Waals surface area (Å²) in [5, 5.41) is 1.71. The quantitative estimate of drug-likeness (QED) is 0.594. The molecule has 2 aromatic rings. The number of nitrogens with zero attached hydrogens (tertiary/aromatic N) is 2. The van der Waals surface area contributed by atoms with Crippen molar-refractivity contribution in [2.24, 2.45) is 0 Å². The molecule has 1 fully saturated rings. The van der Waals surface area contributed by atoms with E-state index in [-0.39, 0.29) is 17.0 Å². The van der Waals surface area contributed by atoms with E-state index in [1.54, 1.807) is 11.4 Å². The molecule has 1 N–H and O–H groups in total. The summed E-state index contributed by atoms with van der Waals surface area (Å²) in [4.78, 5) is 38.7. The van der Waals surface area contributed by atoms with E-state index in [0.29, 0.717) is 0 Å². The molecule has 10 heteroatoms. The number of rotatable bonds is 5. The van der Waals surface area contributed by atoms with Gasteiger partial charge >= 0.3 is 12.2 Å². The minimum atomic E-state index is -5.14. The maximum absolute atomic E-state index is 13.9. The Labute approximate surface area is 169 Å². The first-order chi connectivity index (χ1) is 14.1. The van der Waals surface area contributed by atoms with Crippen molar-refractivity contribution >= 4 is 17.8 Å². The van der Waals surface area contributed by atoms with Crippen molar-refractivity contribution < 1.29 is 31.9 Å². The standard InChI is InChI=1S/C20H17F4N3O3/c1-26(11-13-7-5-6-10-15(13)21)16(28)12-27-17(29)19(20(22,23)24,25-18(27)30)14-8-3-2-4-9-14/h2-10H,11-12H2,1H3,(H,25,30). The van der Waals surface area contributed by atoms with Crippen molar-refractivity contribution in [2.75, 3.05) is 13.6 Å². The third-order valence-electron chi connectivity index (χ3n) is 4.82. The van der Waals surface area contributed by atoms with E-state index in [0.717, 1.165) is 17.0 Å². The number of benzene rings is 2. The van der Waals surface area contributed by atoms with Gasteiger partial charge in [-0.05, 0) is 11.6 Å². The number of urea groups is 1. The highest BCUT2D eigenvalue weighted by molar-refractivity contribution is 6.09. The zero-order valence-electron chi connectivity index (χ0n) is 15.7. The number of hydrogen-bond acceptors (Lipinski definition) is 3. The zero-order chi connectivity index (χ0) is 22.1. The number of amides is 4. The largest absolute Gasteiger partial charge is 0.425 e. The Morgan fingerprint density at radius 3 is 2.27 bits per heavy atom. The summed E-state index contributed by atoms with van der Waals surface area (Å²) in [6, 6.07) is 10.5. The summed E-state index contributed by atoms with van der Waals surface area (Å²) in [5.74, 6) is -2.99. The van der Waals surface area contributed by atoms with Crippen LogP contribution in [0.3, 0.4) is 0 Å². The summed E-state index contributed by atoms with van der Waals surface area (Å²) in [6.45, 7) is -1.10. The van der Waals surface area contributed by atoms with Gasteiger partial charge < -0.3 is 10.2 Å². The van der Waals surface area contributed by atoms with Gasteiger partial charge in [0.05, 0.1) is 0 Å². The maximum atomic E-state index is 13.9. The van der Waals surface area contributed by atoms with E-state index in [2.05, 4.69) is 0 Å². The van der Waals surface area contributed by atoms with Crippen LogP contribution in [0.25, 0.3) is 0 Å². The van der Waals surface area contributed by atoms with Crippen molar-refractivity contribution in [3.63, 3.8) is 0 Å². The second-order valence-electron chi connectivity index (χ2n) is 6.78. The van der Waals surface area contributed by atoms with E-state index in [9.17, 15) is 31.9 Å². The number of carbonyl (C=O) groups is 3. The summed E-state index contributed by atoms with van der Waals surface area (Å²) in [7, 11) is 1.29. The van der Waals surface area contributed by atoms with Crippen LogP contribution in [-0.4, -0.2) is 47.4 Å². The highest BCUT2D eigenvalue weighted by Crippen LogP contribution is 2.43. The molecule has 3 rings (SSSR count). The Balaban J connectivity index is 1.83. The van der Waals surface area contributed by atoms with Crippen molar-refractivity contribution in [1.82, 2.24) is 15.1 Å². The highest BCUT2D eigenvalue weighted by atomic mass is 19.4. The number of likely N-dealkylation sites (N-methyl/N-ethyl adjacent to an activating group) is 1. The Kier molecular flexibility index (Phi) is 5.51. The van der Waals surface area contributed by atoms with Crippen molar-refractivity contribution in [2.45, 2.75) is 18.3 Å². The second kappa shape index (κ2) is 7.77. The number of hydrogen-bond donors (Lipinski definition) is 1. The summed E-state index contributed by atoms with van der Waals surface area (Å²) in [5.41, 5.74) is -3.57. The van der Waals surface area contributed by atoms with E-state index in [1.165, 1.54) is 43.4 Å². The molecular weight excluding hydrogens is 406 g/mol. The molecule has 2 aromatic carbocycles. The average molecular weight is 423 g/mol. The predicted octanol–water partition coefficient (Wildman–Crippen LogP) is 2.79. The minimum absolute atomic E-state index is 0.180. The molecule has 1 aliphatic rings.